The fraction of sp³-hybridized carbons (Fsp3) is 0.208. The van der Waals surface area contributed by atoms with Crippen LogP contribution in [-0.2, 0) is 14.8 Å². The number of anilines is 2. The summed E-state index contributed by atoms with van der Waals surface area (Å²) in [5.74, 6) is 0.248. The summed E-state index contributed by atoms with van der Waals surface area (Å²) in [5, 5.41) is 3.34. The number of amides is 1. The van der Waals surface area contributed by atoms with Crippen LogP contribution in [-0.4, -0.2) is 44.8 Å². The number of rotatable bonds is 6. The van der Waals surface area contributed by atoms with Crippen LogP contribution in [0.15, 0.2) is 76.2 Å². The molecule has 1 fully saturated rings. The maximum atomic E-state index is 13.0. The Morgan fingerprint density at radius 3 is 2.42 bits per heavy atom. The molecule has 2 aromatic carbocycles. The molecular weight excluding hydrogens is 462 g/mol. The third-order valence-corrected chi connectivity index (χ3v) is 7.62. The van der Waals surface area contributed by atoms with Crippen LogP contribution in [0, 0.1) is 6.92 Å². The zero-order chi connectivity index (χ0) is 23.4. The third kappa shape index (κ3) is 5.30. The van der Waals surface area contributed by atoms with Gasteiger partial charge >= 0.3 is 0 Å². The topological polar surface area (TPSA) is 82.9 Å². The first-order valence-electron chi connectivity index (χ1n) is 10.5. The molecule has 33 heavy (non-hydrogen) atoms. The van der Waals surface area contributed by atoms with Crippen molar-refractivity contribution in [1.82, 2.24) is 4.31 Å². The minimum absolute atomic E-state index is 0.288. The Bertz CT molecular complexity index is 1250. The zero-order valence-corrected chi connectivity index (χ0v) is 19.6. The Labute approximate surface area is 198 Å². The summed E-state index contributed by atoms with van der Waals surface area (Å²) in [6.07, 6.45) is 4.50. The van der Waals surface area contributed by atoms with E-state index < -0.39 is 10.0 Å². The van der Waals surface area contributed by atoms with Gasteiger partial charge in [0.15, 0.2) is 0 Å². The fourth-order valence-corrected chi connectivity index (χ4v) is 5.38. The lowest BCUT2D eigenvalue weighted by Gasteiger charge is -2.36. The number of nitrogens with zero attached hydrogens (tertiary/aromatic N) is 2. The summed E-state index contributed by atoms with van der Waals surface area (Å²) in [4.78, 5) is 14.7. The molecule has 0 spiro atoms. The number of furan rings is 1. The van der Waals surface area contributed by atoms with Gasteiger partial charge in [0.25, 0.3) is 0 Å². The van der Waals surface area contributed by atoms with Crippen LogP contribution in [0.5, 0.6) is 0 Å². The monoisotopic (exact) mass is 485 g/mol. The van der Waals surface area contributed by atoms with Gasteiger partial charge in [-0.15, -0.1) is 0 Å². The summed E-state index contributed by atoms with van der Waals surface area (Å²) in [5.41, 5.74) is 2.24. The zero-order valence-electron chi connectivity index (χ0n) is 18.1. The van der Waals surface area contributed by atoms with Crippen LogP contribution in [0.25, 0.3) is 6.08 Å². The molecule has 172 valence electrons. The lowest BCUT2D eigenvalue weighted by Crippen LogP contribution is -2.49. The lowest BCUT2D eigenvalue weighted by molar-refractivity contribution is -0.111. The Kier molecular flexibility index (Phi) is 6.88. The Morgan fingerprint density at radius 1 is 1.03 bits per heavy atom. The Morgan fingerprint density at radius 2 is 1.76 bits per heavy atom. The first-order chi connectivity index (χ1) is 15.8. The predicted molar refractivity (Wildman–Crippen MR) is 130 cm³/mol. The molecule has 4 rings (SSSR count). The minimum atomic E-state index is -3.57. The molecule has 0 radical (unpaired) electrons. The van der Waals surface area contributed by atoms with Gasteiger partial charge in [-0.3, -0.25) is 4.79 Å². The van der Waals surface area contributed by atoms with Gasteiger partial charge < -0.3 is 14.6 Å². The van der Waals surface area contributed by atoms with Gasteiger partial charge in [0.05, 0.1) is 27.6 Å². The van der Waals surface area contributed by atoms with E-state index in [-0.39, 0.29) is 10.8 Å². The van der Waals surface area contributed by atoms with Crippen LogP contribution in [0.2, 0.25) is 5.02 Å². The summed E-state index contributed by atoms with van der Waals surface area (Å²) >= 11 is 6.48. The number of nitrogens with one attached hydrogen (secondary N) is 1. The maximum Gasteiger partial charge on any atom is 0.248 e. The number of hydrogen-bond donors (Lipinski definition) is 1. The lowest BCUT2D eigenvalue weighted by atomic mass is 10.2. The molecule has 1 aromatic heterocycles. The summed E-state index contributed by atoms with van der Waals surface area (Å²) < 4.78 is 32.7. The van der Waals surface area contributed by atoms with E-state index in [4.69, 9.17) is 16.0 Å². The number of aryl methyl sites for hydroxylation is 1. The quantitative estimate of drug-likeness (QED) is 0.523. The van der Waals surface area contributed by atoms with E-state index in [1.165, 1.54) is 16.6 Å². The van der Waals surface area contributed by atoms with Crippen LogP contribution in [0.1, 0.15) is 11.3 Å². The van der Waals surface area contributed by atoms with Crippen molar-refractivity contribution in [2.45, 2.75) is 11.8 Å². The highest BCUT2D eigenvalue weighted by atomic mass is 35.5. The van der Waals surface area contributed by atoms with E-state index in [1.807, 2.05) is 11.8 Å². The van der Waals surface area contributed by atoms with Gasteiger partial charge in [0.2, 0.25) is 15.9 Å². The minimum Gasteiger partial charge on any atom is -0.465 e. The second kappa shape index (κ2) is 9.82. The van der Waals surface area contributed by atoms with Crippen LogP contribution in [0.4, 0.5) is 11.4 Å². The van der Waals surface area contributed by atoms with E-state index in [9.17, 15) is 13.2 Å². The molecule has 1 aliphatic heterocycles. The third-order valence-electron chi connectivity index (χ3n) is 5.40. The molecular formula is C24H24ClN3O4S. The number of halogens is 1. The second-order valence-corrected chi connectivity index (χ2v) is 10.0. The largest absolute Gasteiger partial charge is 0.465 e. The molecule has 7 nitrogen and oxygen atoms in total. The van der Waals surface area contributed by atoms with Crippen molar-refractivity contribution >= 4 is 45.0 Å². The van der Waals surface area contributed by atoms with Gasteiger partial charge in [0, 0.05) is 32.3 Å². The first-order valence-corrected chi connectivity index (χ1v) is 12.3. The van der Waals surface area contributed by atoms with Crippen LogP contribution in [0.3, 0.4) is 0 Å². The van der Waals surface area contributed by atoms with Gasteiger partial charge in [0.1, 0.15) is 5.76 Å². The van der Waals surface area contributed by atoms with Crippen LogP contribution < -0.4 is 10.2 Å². The highest BCUT2D eigenvalue weighted by Crippen LogP contribution is 2.35. The molecule has 0 unspecified atom stereocenters. The summed E-state index contributed by atoms with van der Waals surface area (Å²) in [6, 6.07) is 15.6. The molecule has 2 heterocycles. The van der Waals surface area contributed by atoms with Crippen LogP contribution >= 0.6 is 11.6 Å². The number of piperazine rings is 1. The average Bonchev–Trinajstić information content (AvgIpc) is 3.32. The van der Waals surface area contributed by atoms with Crippen molar-refractivity contribution in [3.63, 3.8) is 0 Å². The molecule has 3 aromatic rings. The number of benzene rings is 2. The SMILES string of the molecule is Cc1ccc(S(=O)(=O)N2CCN(c3c(Cl)cccc3NC(=O)/C=C/c3ccco3)CC2)cc1. The molecule has 0 saturated carbocycles. The van der Waals surface area contributed by atoms with Crippen molar-refractivity contribution in [3.05, 3.63) is 83.3 Å². The van der Waals surface area contributed by atoms with Gasteiger partial charge in [-0.1, -0.05) is 35.4 Å². The Hall–Kier alpha value is -3.07. The number of sulfonamides is 1. The van der Waals surface area contributed by atoms with Gasteiger partial charge in [-0.05, 0) is 49.4 Å². The standard InChI is InChI=1S/C24H24ClN3O4S/c1-18-7-10-20(11-8-18)33(30,31)28-15-13-27(14-16-28)24-21(25)5-2-6-22(24)26-23(29)12-9-19-4-3-17-32-19/h2-12,17H,13-16H2,1H3,(H,26,29)/b12-9+. The molecule has 9 heteroatoms. The molecule has 1 amide bonds. The average molecular weight is 486 g/mol. The van der Waals surface area contributed by atoms with Crippen molar-refractivity contribution in [3.8, 4) is 0 Å². The molecule has 0 bridgehead atoms. The Balaban J connectivity index is 1.47. The first kappa shape index (κ1) is 23.1. The van der Waals surface area contributed by atoms with Crippen molar-refractivity contribution in [1.29, 1.82) is 0 Å². The van der Waals surface area contributed by atoms with Crippen molar-refractivity contribution in [2.75, 3.05) is 36.4 Å². The number of carbonyl (C=O) groups is 1. The van der Waals surface area contributed by atoms with Crippen molar-refractivity contribution < 1.29 is 17.6 Å². The molecule has 1 aliphatic rings. The normalized spacial score (nSPS) is 15.2. The second-order valence-electron chi connectivity index (χ2n) is 7.68. The predicted octanol–water partition coefficient (Wildman–Crippen LogP) is 4.40. The fourth-order valence-electron chi connectivity index (χ4n) is 3.67. The molecule has 0 atom stereocenters. The molecule has 1 saturated heterocycles. The van der Waals surface area contributed by atoms with Crippen molar-refractivity contribution in [2.24, 2.45) is 0 Å². The van der Waals surface area contributed by atoms with E-state index in [0.717, 1.165) is 5.56 Å². The molecule has 0 aliphatic carbocycles. The van der Waals surface area contributed by atoms with E-state index in [2.05, 4.69) is 5.32 Å². The van der Waals surface area contributed by atoms with E-state index >= 15 is 0 Å². The van der Waals surface area contributed by atoms with E-state index in [0.29, 0.717) is 48.3 Å². The summed E-state index contributed by atoms with van der Waals surface area (Å²) in [6.45, 7) is 3.43. The number of carbonyl (C=O) groups excluding carboxylic acids is 1. The van der Waals surface area contributed by atoms with Gasteiger partial charge in [-0.2, -0.15) is 4.31 Å². The highest BCUT2D eigenvalue weighted by molar-refractivity contribution is 7.89. The highest BCUT2D eigenvalue weighted by Gasteiger charge is 2.30. The number of hydrogen-bond acceptors (Lipinski definition) is 5. The number of para-hydroxylation sites is 1. The molecule has 1 N–H and O–H groups in total. The smallest absolute Gasteiger partial charge is 0.248 e. The van der Waals surface area contributed by atoms with E-state index in [1.54, 1.807) is 60.7 Å². The van der Waals surface area contributed by atoms with Gasteiger partial charge in [-0.25, -0.2) is 8.42 Å². The maximum absolute atomic E-state index is 13.0. The summed E-state index contributed by atoms with van der Waals surface area (Å²) in [7, 11) is -3.57.